The molecule has 0 spiro atoms. The van der Waals surface area contributed by atoms with E-state index in [0.717, 1.165) is 0 Å². The molecule has 33 heavy (non-hydrogen) atoms. The topological polar surface area (TPSA) is 95.6 Å². The molecule has 2 N–H and O–H groups in total. The van der Waals surface area contributed by atoms with Crippen molar-refractivity contribution in [1.82, 2.24) is 0 Å². The number of anilines is 3. The van der Waals surface area contributed by atoms with E-state index in [1.165, 1.54) is 23.5 Å². The average Bonchev–Trinajstić information content (AvgIpc) is 2.79. The van der Waals surface area contributed by atoms with E-state index in [9.17, 15) is 18.0 Å². The predicted octanol–water partition coefficient (Wildman–Crippen LogP) is 4.75. The number of sulfonamides is 1. The highest BCUT2D eigenvalue weighted by atomic mass is 32.2. The van der Waals surface area contributed by atoms with Gasteiger partial charge in [0.1, 0.15) is 0 Å². The lowest BCUT2D eigenvalue weighted by molar-refractivity contribution is -0.123. The van der Waals surface area contributed by atoms with Crippen LogP contribution in [0.4, 0.5) is 17.1 Å². The molecular weight excluding hydrogens is 438 g/mol. The standard InChI is InChI=1S/C25H27N3O4S/c1-25(2,3)24(30)27-19-11-8-10-18(16-19)23(29)26-20-12-9-15-22(17-20)33(31,32)28(4)21-13-6-5-7-14-21/h5-17H,1-4H3,(H,26,29)(H,27,30). The third kappa shape index (κ3) is 5.78. The molecule has 3 rings (SSSR count). The molecule has 0 aliphatic rings. The van der Waals surface area contributed by atoms with Crippen molar-refractivity contribution in [2.45, 2.75) is 25.7 Å². The van der Waals surface area contributed by atoms with Crippen molar-refractivity contribution < 1.29 is 18.0 Å². The Balaban J connectivity index is 1.79. The van der Waals surface area contributed by atoms with Crippen LogP contribution in [0.2, 0.25) is 0 Å². The lowest BCUT2D eigenvalue weighted by atomic mass is 9.95. The van der Waals surface area contributed by atoms with E-state index in [0.29, 0.717) is 22.6 Å². The molecule has 0 fully saturated rings. The molecule has 0 atom stereocenters. The molecule has 7 nitrogen and oxygen atoms in total. The number of hydrogen-bond acceptors (Lipinski definition) is 4. The quantitative estimate of drug-likeness (QED) is 0.549. The highest BCUT2D eigenvalue weighted by molar-refractivity contribution is 7.92. The Morgan fingerprint density at radius 2 is 1.39 bits per heavy atom. The van der Waals surface area contributed by atoms with Crippen LogP contribution >= 0.6 is 0 Å². The van der Waals surface area contributed by atoms with Gasteiger partial charge in [0, 0.05) is 29.4 Å². The highest BCUT2D eigenvalue weighted by Gasteiger charge is 2.23. The van der Waals surface area contributed by atoms with Gasteiger partial charge in [-0.05, 0) is 48.5 Å². The zero-order valence-corrected chi connectivity index (χ0v) is 19.8. The van der Waals surface area contributed by atoms with Crippen LogP contribution < -0.4 is 14.9 Å². The van der Waals surface area contributed by atoms with Gasteiger partial charge < -0.3 is 10.6 Å². The summed E-state index contributed by atoms with van der Waals surface area (Å²) < 4.78 is 27.3. The second-order valence-electron chi connectivity index (χ2n) is 8.57. The van der Waals surface area contributed by atoms with Crippen molar-refractivity contribution in [1.29, 1.82) is 0 Å². The lowest BCUT2D eigenvalue weighted by Gasteiger charge is -2.20. The van der Waals surface area contributed by atoms with Crippen LogP contribution in [0.3, 0.4) is 0 Å². The van der Waals surface area contributed by atoms with Crippen molar-refractivity contribution in [3.63, 3.8) is 0 Å². The number of benzene rings is 3. The van der Waals surface area contributed by atoms with Crippen molar-refractivity contribution in [2.24, 2.45) is 5.41 Å². The first kappa shape index (κ1) is 24.0. The minimum absolute atomic E-state index is 0.0536. The Kier molecular flexibility index (Phi) is 6.88. The summed E-state index contributed by atoms with van der Waals surface area (Å²) in [7, 11) is -2.34. The summed E-state index contributed by atoms with van der Waals surface area (Å²) >= 11 is 0. The van der Waals surface area contributed by atoms with Crippen molar-refractivity contribution in [2.75, 3.05) is 22.0 Å². The summed E-state index contributed by atoms with van der Waals surface area (Å²) in [6.07, 6.45) is 0. The van der Waals surface area contributed by atoms with Crippen LogP contribution in [0.25, 0.3) is 0 Å². The number of carbonyl (C=O) groups is 2. The van der Waals surface area contributed by atoms with Gasteiger partial charge >= 0.3 is 0 Å². The minimum atomic E-state index is -3.81. The molecule has 8 heteroatoms. The molecule has 0 saturated heterocycles. The second kappa shape index (κ2) is 9.46. The third-order valence-corrected chi connectivity index (χ3v) is 6.72. The number of carbonyl (C=O) groups excluding carboxylic acids is 2. The Labute approximate surface area is 194 Å². The Morgan fingerprint density at radius 1 is 0.788 bits per heavy atom. The van der Waals surface area contributed by atoms with E-state index in [1.54, 1.807) is 81.4 Å². The van der Waals surface area contributed by atoms with E-state index in [4.69, 9.17) is 0 Å². The van der Waals surface area contributed by atoms with Gasteiger partial charge in [-0.2, -0.15) is 0 Å². The van der Waals surface area contributed by atoms with Crippen LogP contribution in [0, 0.1) is 5.41 Å². The van der Waals surface area contributed by atoms with Gasteiger partial charge in [-0.15, -0.1) is 0 Å². The first-order chi connectivity index (χ1) is 15.5. The van der Waals surface area contributed by atoms with E-state index >= 15 is 0 Å². The number of nitrogens with zero attached hydrogens (tertiary/aromatic N) is 1. The van der Waals surface area contributed by atoms with E-state index in [2.05, 4.69) is 10.6 Å². The lowest BCUT2D eigenvalue weighted by Crippen LogP contribution is -2.27. The fourth-order valence-electron chi connectivity index (χ4n) is 2.93. The molecule has 172 valence electrons. The first-order valence-electron chi connectivity index (χ1n) is 10.4. The Morgan fingerprint density at radius 3 is 2.03 bits per heavy atom. The largest absolute Gasteiger partial charge is 0.326 e. The summed E-state index contributed by atoms with van der Waals surface area (Å²) in [5.74, 6) is -0.590. The van der Waals surface area contributed by atoms with Crippen LogP contribution in [-0.4, -0.2) is 27.3 Å². The number of para-hydroxylation sites is 1. The van der Waals surface area contributed by atoms with Gasteiger partial charge in [0.25, 0.3) is 15.9 Å². The van der Waals surface area contributed by atoms with Gasteiger partial charge in [-0.3, -0.25) is 13.9 Å². The van der Waals surface area contributed by atoms with Crippen molar-refractivity contribution in [3.8, 4) is 0 Å². The van der Waals surface area contributed by atoms with E-state index in [1.807, 2.05) is 6.07 Å². The smallest absolute Gasteiger partial charge is 0.264 e. The monoisotopic (exact) mass is 465 g/mol. The van der Waals surface area contributed by atoms with Gasteiger partial charge in [0.05, 0.1) is 10.6 Å². The summed E-state index contributed by atoms with van der Waals surface area (Å²) in [4.78, 5) is 25.1. The average molecular weight is 466 g/mol. The fraction of sp³-hybridized carbons (Fsp3) is 0.200. The minimum Gasteiger partial charge on any atom is -0.326 e. The molecule has 2 amide bonds. The molecule has 0 aliphatic carbocycles. The first-order valence-corrected chi connectivity index (χ1v) is 11.8. The van der Waals surface area contributed by atoms with Gasteiger partial charge in [-0.25, -0.2) is 8.42 Å². The van der Waals surface area contributed by atoms with Crippen LogP contribution in [0.1, 0.15) is 31.1 Å². The second-order valence-corrected chi connectivity index (χ2v) is 10.5. The molecule has 3 aromatic rings. The highest BCUT2D eigenvalue weighted by Crippen LogP contribution is 2.24. The molecular formula is C25H27N3O4S. The van der Waals surface area contributed by atoms with Gasteiger partial charge in [0.15, 0.2) is 0 Å². The zero-order chi connectivity index (χ0) is 24.2. The van der Waals surface area contributed by atoms with Crippen LogP contribution in [0.15, 0.2) is 83.8 Å². The SMILES string of the molecule is CN(c1ccccc1)S(=O)(=O)c1cccc(NC(=O)c2cccc(NC(=O)C(C)(C)C)c2)c1. The normalized spacial score (nSPS) is 11.5. The molecule has 0 unspecified atom stereocenters. The Bertz CT molecular complexity index is 1270. The maximum absolute atomic E-state index is 13.0. The number of hydrogen-bond donors (Lipinski definition) is 2. The summed E-state index contributed by atoms with van der Waals surface area (Å²) in [6.45, 7) is 5.40. The molecule has 3 aromatic carbocycles. The molecule has 0 saturated carbocycles. The van der Waals surface area contributed by atoms with E-state index < -0.39 is 21.3 Å². The number of rotatable bonds is 6. The fourth-order valence-corrected chi connectivity index (χ4v) is 4.17. The summed E-state index contributed by atoms with van der Waals surface area (Å²) in [5, 5.41) is 5.52. The molecule has 0 bridgehead atoms. The number of nitrogens with one attached hydrogen (secondary N) is 2. The van der Waals surface area contributed by atoms with Crippen molar-refractivity contribution in [3.05, 3.63) is 84.4 Å². The number of amides is 2. The Hall–Kier alpha value is -3.65. The maximum atomic E-state index is 13.0. The summed E-state index contributed by atoms with van der Waals surface area (Å²) in [6, 6.07) is 21.4. The molecule has 0 heterocycles. The molecule has 0 aromatic heterocycles. The zero-order valence-electron chi connectivity index (χ0n) is 19.0. The van der Waals surface area contributed by atoms with Crippen LogP contribution in [-0.2, 0) is 14.8 Å². The third-order valence-electron chi connectivity index (χ3n) is 4.93. The van der Waals surface area contributed by atoms with Gasteiger partial charge in [0.2, 0.25) is 5.91 Å². The predicted molar refractivity (Wildman–Crippen MR) is 131 cm³/mol. The molecule has 0 aliphatic heterocycles. The maximum Gasteiger partial charge on any atom is 0.264 e. The van der Waals surface area contributed by atoms with Crippen molar-refractivity contribution >= 4 is 38.9 Å². The van der Waals surface area contributed by atoms with E-state index in [-0.39, 0.29) is 10.8 Å². The summed E-state index contributed by atoms with van der Waals surface area (Å²) in [5.41, 5.74) is 1.13. The van der Waals surface area contributed by atoms with Crippen LogP contribution in [0.5, 0.6) is 0 Å². The molecule has 0 radical (unpaired) electrons. The van der Waals surface area contributed by atoms with Gasteiger partial charge in [-0.1, -0.05) is 51.1 Å².